The maximum Gasteiger partial charge on any atom is 0.255 e. The Bertz CT molecular complexity index is 1010. The van der Waals surface area contributed by atoms with Crippen LogP contribution in [0.25, 0.3) is 10.8 Å². The van der Waals surface area contributed by atoms with Crippen molar-refractivity contribution >= 4 is 28.3 Å². The molecule has 0 bridgehead atoms. The summed E-state index contributed by atoms with van der Waals surface area (Å²) in [5.74, 6) is 0.571. The summed E-state index contributed by atoms with van der Waals surface area (Å²) in [6, 6.07) is 14.0. The summed E-state index contributed by atoms with van der Waals surface area (Å²) in [6.07, 6.45) is 8.14. The number of aromatic nitrogens is 1. The summed E-state index contributed by atoms with van der Waals surface area (Å²) >= 11 is 5.93. The molecule has 0 radical (unpaired) electrons. The number of ether oxygens (including phenoxy) is 1. The Morgan fingerprint density at radius 2 is 1.90 bits per heavy atom. The molecule has 0 spiro atoms. The zero-order chi connectivity index (χ0) is 20.2. The van der Waals surface area contributed by atoms with Gasteiger partial charge in [-0.1, -0.05) is 61.2 Å². The van der Waals surface area contributed by atoms with E-state index in [0.717, 1.165) is 34.7 Å². The molecule has 0 saturated heterocycles. The molecule has 1 fully saturated rings. The molecule has 4 rings (SSSR count). The Labute approximate surface area is 176 Å². The van der Waals surface area contributed by atoms with Crippen LogP contribution in [-0.2, 0) is 6.42 Å². The Morgan fingerprint density at radius 3 is 2.59 bits per heavy atom. The number of carbonyl (C=O) groups excluding carboxylic acids is 1. The van der Waals surface area contributed by atoms with Gasteiger partial charge in [0.25, 0.3) is 5.91 Å². The largest absolute Gasteiger partial charge is 0.495 e. The van der Waals surface area contributed by atoms with Gasteiger partial charge in [0.15, 0.2) is 0 Å². The van der Waals surface area contributed by atoms with Crippen molar-refractivity contribution in [1.29, 1.82) is 0 Å². The van der Waals surface area contributed by atoms with E-state index in [4.69, 9.17) is 16.3 Å². The Kier molecular flexibility index (Phi) is 6.00. The lowest BCUT2D eigenvalue weighted by Gasteiger charge is -2.24. The molecule has 0 aliphatic heterocycles. The molecule has 2 aromatic carbocycles. The molecule has 1 amide bonds. The zero-order valence-electron chi connectivity index (χ0n) is 16.6. The molecule has 1 aromatic heterocycles. The maximum absolute atomic E-state index is 13.2. The predicted octanol–water partition coefficient (Wildman–Crippen LogP) is 5.55. The van der Waals surface area contributed by atoms with E-state index < -0.39 is 0 Å². The number of hydrogen-bond donors (Lipinski definition) is 1. The van der Waals surface area contributed by atoms with Gasteiger partial charge in [-0.3, -0.25) is 4.79 Å². The van der Waals surface area contributed by atoms with E-state index in [2.05, 4.69) is 16.4 Å². The van der Waals surface area contributed by atoms with Gasteiger partial charge in [-0.05, 0) is 47.9 Å². The highest BCUT2D eigenvalue weighted by Gasteiger charge is 2.22. The summed E-state index contributed by atoms with van der Waals surface area (Å²) < 4.78 is 5.70. The number of carbonyl (C=O) groups is 1. The Hall–Kier alpha value is -2.59. The van der Waals surface area contributed by atoms with Crippen LogP contribution in [0.3, 0.4) is 0 Å². The molecule has 150 valence electrons. The third-order valence-corrected chi connectivity index (χ3v) is 5.88. The lowest BCUT2D eigenvalue weighted by Crippen LogP contribution is -2.36. The molecule has 1 aliphatic carbocycles. The zero-order valence-corrected chi connectivity index (χ0v) is 17.3. The molecule has 0 unspecified atom stereocenters. The molecule has 1 aliphatic rings. The van der Waals surface area contributed by atoms with Gasteiger partial charge < -0.3 is 10.1 Å². The second kappa shape index (κ2) is 8.83. The van der Waals surface area contributed by atoms with Crippen LogP contribution < -0.4 is 10.1 Å². The van der Waals surface area contributed by atoms with E-state index in [9.17, 15) is 4.79 Å². The number of fused-ring (bicyclic) bond motifs is 1. The minimum Gasteiger partial charge on any atom is -0.495 e. The Morgan fingerprint density at radius 1 is 1.14 bits per heavy atom. The monoisotopic (exact) mass is 408 g/mol. The quantitative estimate of drug-likeness (QED) is 0.563. The fraction of sp³-hybridized carbons (Fsp3) is 0.333. The van der Waals surface area contributed by atoms with Crippen LogP contribution in [0.5, 0.6) is 5.75 Å². The van der Waals surface area contributed by atoms with Crippen molar-refractivity contribution in [2.24, 2.45) is 0 Å². The van der Waals surface area contributed by atoms with Crippen molar-refractivity contribution in [2.45, 2.75) is 44.6 Å². The number of halogens is 1. The van der Waals surface area contributed by atoms with Gasteiger partial charge in [0.05, 0.1) is 12.7 Å². The van der Waals surface area contributed by atoms with Crippen LogP contribution in [-0.4, -0.2) is 24.0 Å². The molecule has 3 aromatic rings. The van der Waals surface area contributed by atoms with Gasteiger partial charge >= 0.3 is 0 Å². The maximum atomic E-state index is 13.2. The van der Waals surface area contributed by atoms with Crippen molar-refractivity contribution < 1.29 is 9.53 Å². The first kappa shape index (κ1) is 19.7. The highest BCUT2D eigenvalue weighted by molar-refractivity contribution is 6.29. The fourth-order valence-corrected chi connectivity index (χ4v) is 4.31. The molecular weight excluding hydrogens is 384 g/mol. The van der Waals surface area contributed by atoms with Crippen LogP contribution in [0.2, 0.25) is 5.15 Å². The van der Waals surface area contributed by atoms with Gasteiger partial charge in [-0.2, -0.15) is 0 Å². The SMILES string of the molecule is COc1c(C(=O)NC2CCCCC2)cc(Cc2ccc(Cl)nc2)c2ccccc12. The molecule has 29 heavy (non-hydrogen) atoms. The molecule has 0 atom stereocenters. The molecular formula is C24H25ClN2O2. The van der Waals surface area contributed by atoms with E-state index in [-0.39, 0.29) is 11.9 Å². The number of methoxy groups -OCH3 is 1. The average molecular weight is 409 g/mol. The van der Waals surface area contributed by atoms with Crippen LogP contribution in [0.1, 0.15) is 53.6 Å². The van der Waals surface area contributed by atoms with Crippen molar-refractivity contribution in [3.63, 3.8) is 0 Å². The smallest absolute Gasteiger partial charge is 0.255 e. The van der Waals surface area contributed by atoms with Gasteiger partial charge in [-0.15, -0.1) is 0 Å². The highest BCUT2D eigenvalue weighted by atomic mass is 35.5. The van der Waals surface area contributed by atoms with E-state index in [1.54, 1.807) is 19.4 Å². The van der Waals surface area contributed by atoms with Crippen molar-refractivity contribution in [2.75, 3.05) is 7.11 Å². The molecule has 4 nitrogen and oxygen atoms in total. The number of benzene rings is 2. The van der Waals surface area contributed by atoms with Gasteiger partial charge in [0, 0.05) is 17.6 Å². The summed E-state index contributed by atoms with van der Waals surface area (Å²) in [5.41, 5.74) is 2.70. The summed E-state index contributed by atoms with van der Waals surface area (Å²) in [5, 5.41) is 5.72. The fourth-order valence-electron chi connectivity index (χ4n) is 4.20. The van der Waals surface area contributed by atoms with Gasteiger partial charge in [0.1, 0.15) is 10.9 Å². The van der Waals surface area contributed by atoms with Crippen LogP contribution in [0.15, 0.2) is 48.7 Å². The first-order valence-electron chi connectivity index (χ1n) is 10.2. The van der Waals surface area contributed by atoms with E-state index >= 15 is 0 Å². The van der Waals surface area contributed by atoms with Crippen molar-refractivity contribution in [3.8, 4) is 5.75 Å². The lowest BCUT2D eigenvalue weighted by atomic mass is 9.93. The predicted molar refractivity (Wildman–Crippen MR) is 117 cm³/mol. The van der Waals surface area contributed by atoms with Gasteiger partial charge in [0.2, 0.25) is 0 Å². The average Bonchev–Trinajstić information content (AvgIpc) is 2.75. The highest BCUT2D eigenvalue weighted by Crippen LogP contribution is 2.34. The summed E-state index contributed by atoms with van der Waals surface area (Å²) in [6.45, 7) is 0. The van der Waals surface area contributed by atoms with Gasteiger partial charge in [-0.25, -0.2) is 4.98 Å². The van der Waals surface area contributed by atoms with Crippen LogP contribution >= 0.6 is 11.6 Å². The van der Waals surface area contributed by atoms with E-state index in [0.29, 0.717) is 22.9 Å². The molecule has 5 heteroatoms. The summed E-state index contributed by atoms with van der Waals surface area (Å²) in [7, 11) is 1.63. The Balaban J connectivity index is 1.74. The van der Waals surface area contributed by atoms with Crippen molar-refractivity contribution in [1.82, 2.24) is 10.3 Å². The first-order chi connectivity index (χ1) is 14.2. The lowest BCUT2D eigenvalue weighted by molar-refractivity contribution is 0.0925. The third kappa shape index (κ3) is 4.38. The minimum atomic E-state index is -0.0602. The van der Waals surface area contributed by atoms with E-state index in [1.165, 1.54) is 19.3 Å². The second-order valence-corrected chi connectivity index (χ2v) is 8.02. The minimum absolute atomic E-state index is 0.0602. The summed E-state index contributed by atoms with van der Waals surface area (Å²) in [4.78, 5) is 17.4. The number of nitrogens with zero attached hydrogens (tertiary/aromatic N) is 1. The molecule has 1 saturated carbocycles. The van der Waals surface area contributed by atoms with Crippen LogP contribution in [0.4, 0.5) is 0 Å². The number of rotatable bonds is 5. The van der Waals surface area contributed by atoms with E-state index in [1.807, 2.05) is 30.3 Å². The number of hydrogen-bond acceptors (Lipinski definition) is 3. The third-order valence-electron chi connectivity index (χ3n) is 5.65. The second-order valence-electron chi connectivity index (χ2n) is 7.64. The molecule has 1 N–H and O–H groups in total. The standard InChI is InChI=1S/C24H25ClN2O2/c1-29-23-20-10-6-5-9-19(20)17(13-16-11-12-22(25)26-15-16)14-21(23)24(28)27-18-7-3-2-4-8-18/h5-6,9-12,14-15,18H,2-4,7-8,13H2,1H3,(H,27,28). The number of nitrogens with one attached hydrogen (secondary N) is 1. The normalized spacial score (nSPS) is 14.7. The molecule has 1 heterocycles. The van der Waals surface area contributed by atoms with Crippen LogP contribution in [0, 0.1) is 0 Å². The first-order valence-corrected chi connectivity index (χ1v) is 10.5. The number of amides is 1. The topological polar surface area (TPSA) is 51.2 Å². The van der Waals surface area contributed by atoms with Crippen molar-refractivity contribution in [3.05, 3.63) is 70.5 Å². The number of pyridine rings is 1.